The summed E-state index contributed by atoms with van der Waals surface area (Å²) in [6.07, 6.45) is -1.04. The van der Waals surface area contributed by atoms with E-state index >= 15 is 0 Å². The topological polar surface area (TPSA) is 124 Å². The highest BCUT2D eigenvalue weighted by atomic mass is 35.5. The Morgan fingerprint density at radius 3 is 2.77 bits per heavy atom. The molecule has 9 nitrogen and oxygen atoms in total. The van der Waals surface area contributed by atoms with Crippen molar-refractivity contribution in [1.82, 2.24) is 15.5 Å². The summed E-state index contributed by atoms with van der Waals surface area (Å²) in [6, 6.07) is 9.42. The lowest BCUT2D eigenvalue weighted by molar-refractivity contribution is 0.0630. The number of benzene rings is 2. The maximum atomic E-state index is 13.3. The summed E-state index contributed by atoms with van der Waals surface area (Å²) in [5.41, 5.74) is 0.384. The largest absolute Gasteiger partial charge is 0.507 e. The van der Waals surface area contributed by atoms with Gasteiger partial charge < -0.3 is 34.9 Å². The minimum Gasteiger partial charge on any atom is -0.507 e. The maximum absolute atomic E-state index is 13.3. The van der Waals surface area contributed by atoms with E-state index in [9.17, 15) is 19.8 Å². The number of phenolic OH excluding ortho intramolecular Hbond substituents is 1. The molecule has 0 radical (unpaired) electrons. The number of carbonyl (C=O) groups excluding carboxylic acids is 1. The molecule has 0 bridgehead atoms. The van der Waals surface area contributed by atoms with Crippen LogP contribution in [-0.2, 0) is 0 Å². The van der Waals surface area contributed by atoms with Crippen LogP contribution < -0.4 is 20.8 Å². The molecule has 4 N–H and O–H groups in total. The van der Waals surface area contributed by atoms with Crippen molar-refractivity contribution >= 4 is 28.7 Å². The van der Waals surface area contributed by atoms with E-state index in [0.717, 1.165) is 0 Å². The number of phenols is 1. The normalized spacial score (nSPS) is 18.5. The molecular formula is C25H28ClN3O6. The molecule has 0 aliphatic carbocycles. The summed E-state index contributed by atoms with van der Waals surface area (Å²) < 4.78 is 11.6. The monoisotopic (exact) mass is 501 g/mol. The van der Waals surface area contributed by atoms with Crippen molar-refractivity contribution in [3.8, 4) is 22.8 Å². The highest BCUT2D eigenvalue weighted by molar-refractivity contribution is 6.33. The van der Waals surface area contributed by atoms with E-state index in [0.29, 0.717) is 48.7 Å². The highest BCUT2D eigenvalue weighted by Gasteiger charge is 2.33. The van der Waals surface area contributed by atoms with Gasteiger partial charge in [0.15, 0.2) is 11.2 Å². The smallest absolute Gasteiger partial charge is 0.412 e. The summed E-state index contributed by atoms with van der Waals surface area (Å²) in [7, 11) is 3.65. The van der Waals surface area contributed by atoms with E-state index in [1.165, 1.54) is 12.1 Å². The predicted octanol–water partition coefficient (Wildman–Crippen LogP) is 2.91. The van der Waals surface area contributed by atoms with Crippen LogP contribution in [0, 0.1) is 0 Å². The van der Waals surface area contributed by atoms with Gasteiger partial charge in [0.2, 0.25) is 0 Å². The lowest BCUT2D eigenvalue weighted by Gasteiger charge is -2.34. The molecule has 186 valence electrons. The number of carbonyl (C=O) groups is 1. The summed E-state index contributed by atoms with van der Waals surface area (Å²) in [5.74, 6) is -0.655. The molecule has 0 spiro atoms. The number of piperidine rings is 1. The van der Waals surface area contributed by atoms with Gasteiger partial charge in [-0.15, -0.1) is 0 Å². The molecule has 0 saturated carbocycles. The quantitative estimate of drug-likeness (QED) is 0.380. The number of nitrogens with one attached hydrogen (secondary N) is 2. The van der Waals surface area contributed by atoms with Crippen LogP contribution in [0.4, 0.5) is 4.79 Å². The Hall–Kier alpha value is -3.11. The van der Waals surface area contributed by atoms with E-state index in [1.54, 1.807) is 31.3 Å². The molecule has 1 aliphatic heterocycles. The van der Waals surface area contributed by atoms with Gasteiger partial charge in [0.05, 0.1) is 11.1 Å². The molecule has 2 atom stereocenters. The van der Waals surface area contributed by atoms with Crippen molar-refractivity contribution in [3.05, 3.63) is 57.2 Å². The standard InChI is InChI=1S/C25H28ClN3O6/c1-27-8-9-28-25(33)35-21-12-17(30)22(15-7-10-29(2)13-19(15)32)24-23(21)18(31)11-20(34-24)14-5-3-4-6-16(14)26/h3-6,11-12,15,19,27,30,32H,7-10,13H2,1-2H3,(H,28,33)/t15-,19+/m0/s1. The molecule has 0 unspecified atom stereocenters. The van der Waals surface area contributed by atoms with E-state index in [-0.39, 0.29) is 28.2 Å². The number of ether oxygens (including phenoxy) is 1. The number of likely N-dealkylation sites (N-methyl/N-ethyl adjacent to an activating group) is 2. The summed E-state index contributed by atoms with van der Waals surface area (Å²) in [6.45, 7) is 1.91. The van der Waals surface area contributed by atoms with Crippen LogP contribution >= 0.6 is 11.6 Å². The number of fused-ring (bicyclic) bond motifs is 1. The molecule has 2 aromatic carbocycles. The number of rotatable bonds is 6. The second-order valence-electron chi connectivity index (χ2n) is 8.61. The maximum Gasteiger partial charge on any atom is 0.412 e. The summed E-state index contributed by atoms with van der Waals surface area (Å²) >= 11 is 6.34. The van der Waals surface area contributed by atoms with Gasteiger partial charge in [-0.1, -0.05) is 23.7 Å². The molecule has 1 aliphatic rings. The second kappa shape index (κ2) is 10.7. The van der Waals surface area contributed by atoms with Gasteiger partial charge in [0.1, 0.15) is 22.5 Å². The first-order chi connectivity index (χ1) is 16.8. The van der Waals surface area contributed by atoms with Gasteiger partial charge in [-0.25, -0.2) is 4.79 Å². The molecule has 1 aromatic heterocycles. The van der Waals surface area contributed by atoms with Gasteiger partial charge >= 0.3 is 6.09 Å². The van der Waals surface area contributed by atoms with Gasteiger partial charge in [0.25, 0.3) is 0 Å². The zero-order chi connectivity index (χ0) is 25.1. The Morgan fingerprint density at radius 2 is 2.06 bits per heavy atom. The fourth-order valence-electron chi connectivity index (χ4n) is 4.39. The van der Waals surface area contributed by atoms with Gasteiger partial charge in [-0.2, -0.15) is 0 Å². The number of β-amino-alcohol motifs (C(OH)–C–C–N with tert-alkyl or cyclic N) is 1. The molecule has 2 heterocycles. The Bertz CT molecular complexity index is 1290. The van der Waals surface area contributed by atoms with Crippen LogP contribution in [0.1, 0.15) is 17.9 Å². The third kappa shape index (κ3) is 5.28. The fraction of sp³-hybridized carbons (Fsp3) is 0.360. The van der Waals surface area contributed by atoms with Crippen LogP contribution in [0.5, 0.6) is 11.5 Å². The SMILES string of the molecule is CNCCNC(=O)Oc1cc(O)c([C@H]2CCN(C)C[C@H]2O)c2oc(-c3ccccc3Cl)cc(=O)c12. The first-order valence-electron chi connectivity index (χ1n) is 11.4. The van der Waals surface area contributed by atoms with Gasteiger partial charge in [-0.3, -0.25) is 4.79 Å². The molecule has 1 amide bonds. The fourth-order valence-corrected chi connectivity index (χ4v) is 4.62. The Labute approximate surface area is 207 Å². The van der Waals surface area contributed by atoms with Crippen LogP contribution in [-0.4, -0.2) is 67.6 Å². The number of aliphatic hydroxyl groups is 1. The third-order valence-corrected chi connectivity index (χ3v) is 6.45. The number of halogens is 1. The minimum atomic E-state index is -0.797. The van der Waals surface area contributed by atoms with Crippen LogP contribution in [0.2, 0.25) is 5.02 Å². The zero-order valence-corrected chi connectivity index (χ0v) is 20.3. The number of aromatic hydroxyl groups is 1. The van der Waals surface area contributed by atoms with Crippen molar-refractivity contribution in [2.45, 2.75) is 18.4 Å². The van der Waals surface area contributed by atoms with Crippen molar-refractivity contribution < 1.29 is 24.2 Å². The van der Waals surface area contributed by atoms with Crippen LogP contribution in [0.25, 0.3) is 22.3 Å². The van der Waals surface area contributed by atoms with Crippen molar-refractivity contribution in [3.63, 3.8) is 0 Å². The summed E-state index contributed by atoms with van der Waals surface area (Å²) in [5, 5.41) is 27.7. The van der Waals surface area contributed by atoms with Gasteiger partial charge in [-0.05, 0) is 39.2 Å². The number of likely N-dealkylation sites (tertiary alicyclic amines) is 1. The molecule has 10 heteroatoms. The predicted molar refractivity (Wildman–Crippen MR) is 133 cm³/mol. The zero-order valence-electron chi connectivity index (χ0n) is 19.5. The molecule has 4 rings (SSSR count). The molecule has 1 saturated heterocycles. The molecule has 35 heavy (non-hydrogen) atoms. The Balaban J connectivity index is 1.89. The molecule has 3 aromatic rings. The van der Waals surface area contributed by atoms with E-state index < -0.39 is 23.5 Å². The van der Waals surface area contributed by atoms with Crippen molar-refractivity contribution in [2.24, 2.45) is 0 Å². The first kappa shape index (κ1) is 25.0. The van der Waals surface area contributed by atoms with Gasteiger partial charge in [0, 0.05) is 48.8 Å². The number of hydrogen-bond acceptors (Lipinski definition) is 8. The van der Waals surface area contributed by atoms with Crippen molar-refractivity contribution in [2.75, 3.05) is 40.3 Å². The molecular weight excluding hydrogens is 474 g/mol. The lowest BCUT2D eigenvalue weighted by Crippen LogP contribution is -2.40. The first-order valence-corrected chi connectivity index (χ1v) is 11.7. The number of nitrogens with zero attached hydrogens (tertiary/aromatic N) is 1. The molecule has 1 fully saturated rings. The number of aliphatic hydroxyl groups excluding tert-OH is 1. The van der Waals surface area contributed by atoms with E-state index in [4.69, 9.17) is 20.8 Å². The number of amides is 1. The Kier molecular flexibility index (Phi) is 7.61. The van der Waals surface area contributed by atoms with Crippen LogP contribution in [0.15, 0.2) is 45.6 Å². The average Bonchev–Trinajstić information content (AvgIpc) is 2.80. The second-order valence-corrected chi connectivity index (χ2v) is 9.02. The lowest BCUT2D eigenvalue weighted by atomic mass is 9.85. The van der Waals surface area contributed by atoms with E-state index in [1.807, 2.05) is 11.9 Å². The van der Waals surface area contributed by atoms with Crippen LogP contribution in [0.3, 0.4) is 0 Å². The third-order valence-electron chi connectivity index (χ3n) is 6.12. The average molecular weight is 502 g/mol. The number of hydrogen-bond donors (Lipinski definition) is 4. The van der Waals surface area contributed by atoms with E-state index in [2.05, 4.69) is 10.6 Å². The highest BCUT2D eigenvalue weighted by Crippen LogP contribution is 2.43. The Morgan fingerprint density at radius 1 is 1.29 bits per heavy atom. The minimum absolute atomic E-state index is 0.00324. The van der Waals surface area contributed by atoms with Crippen molar-refractivity contribution in [1.29, 1.82) is 0 Å². The summed E-state index contributed by atoms with van der Waals surface area (Å²) in [4.78, 5) is 27.7.